The molecule has 0 fully saturated rings. The van der Waals surface area contributed by atoms with Crippen LogP contribution in [-0.2, 0) is 10.6 Å². The molecule has 0 amide bonds. The number of ether oxygens (including phenoxy) is 1. The molecule has 0 atom stereocenters. The summed E-state index contributed by atoms with van der Waals surface area (Å²) in [4.78, 5) is 0. The highest BCUT2D eigenvalue weighted by molar-refractivity contribution is 6.17. The van der Waals surface area contributed by atoms with Crippen LogP contribution in [0.4, 0.5) is 5.69 Å². The second-order valence-electron chi connectivity index (χ2n) is 3.31. The maximum absolute atomic E-state index is 5.70. The third kappa shape index (κ3) is 5.05. The van der Waals surface area contributed by atoms with E-state index in [2.05, 4.69) is 17.4 Å². The normalized spacial score (nSPS) is 10.3. The fraction of sp³-hybridized carbons (Fsp3) is 0.500. The quantitative estimate of drug-likeness (QED) is 0.570. The molecule has 0 bridgehead atoms. The third-order valence-electron chi connectivity index (χ3n) is 2.11. The molecule has 1 aromatic rings. The standard InChI is InChI=1S/C12H18ClNO/c1-2-15-9-3-8-14-12-6-4-11(10-13)5-7-12/h4-7,14H,2-3,8-10H2,1H3. The van der Waals surface area contributed by atoms with Gasteiger partial charge in [0.25, 0.3) is 0 Å². The van der Waals surface area contributed by atoms with Crippen molar-refractivity contribution in [2.24, 2.45) is 0 Å². The van der Waals surface area contributed by atoms with Gasteiger partial charge in [0, 0.05) is 31.3 Å². The van der Waals surface area contributed by atoms with Crippen LogP contribution in [0.15, 0.2) is 24.3 Å². The fourth-order valence-corrected chi connectivity index (χ4v) is 1.44. The zero-order chi connectivity index (χ0) is 10.9. The van der Waals surface area contributed by atoms with Crippen molar-refractivity contribution in [3.05, 3.63) is 29.8 Å². The van der Waals surface area contributed by atoms with Crippen LogP contribution in [0.3, 0.4) is 0 Å². The summed E-state index contributed by atoms with van der Waals surface area (Å²) in [5, 5.41) is 3.33. The molecule has 0 aromatic heterocycles. The molecule has 1 N–H and O–H groups in total. The average Bonchev–Trinajstić information content (AvgIpc) is 2.30. The van der Waals surface area contributed by atoms with Gasteiger partial charge in [-0.25, -0.2) is 0 Å². The first-order chi connectivity index (χ1) is 7.36. The van der Waals surface area contributed by atoms with Crippen LogP contribution in [0.25, 0.3) is 0 Å². The lowest BCUT2D eigenvalue weighted by molar-refractivity contribution is 0.147. The van der Waals surface area contributed by atoms with Crippen LogP contribution in [0.2, 0.25) is 0 Å². The highest BCUT2D eigenvalue weighted by Crippen LogP contribution is 2.10. The summed E-state index contributed by atoms with van der Waals surface area (Å²) < 4.78 is 5.25. The molecular weight excluding hydrogens is 210 g/mol. The molecule has 0 heterocycles. The molecule has 0 spiro atoms. The minimum atomic E-state index is 0.574. The summed E-state index contributed by atoms with van der Waals surface area (Å²) in [6.45, 7) is 4.58. The smallest absolute Gasteiger partial charge is 0.0482 e. The van der Waals surface area contributed by atoms with Crippen LogP contribution in [0.5, 0.6) is 0 Å². The molecule has 0 saturated carbocycles. The van der Waals surface area contributed by atoms with Crippen LogP contribution in [-0.4, -0.2) is 19.8 Å². The van der Waals surface area contributed by atoms with Crippen molar-refractivity contribution in [2.75, 3.05) is 25.1 Å². The first-order valence-electron chi connectivity index (χ1n) is 5.33. The molecule has 84 valence electrons. The molecule has 15 heavy (non-hydrogen) atoms. The van der Waals surface area contributed by atoms with E-state index in [-0.39, 0.29) is 0 Å². The van der Waals surface area contributed by atoms with Gasteiger partial charge in [-0.15, -0.1) is 11.6 Å². The Balaban J connectivity index is 2.20. The predicted molar refractivity (Wildman–Crippen MR) is 65.6 cm³/mol. The summed E-state index contributed by atoms with van der Waals surface area (Å²) in [6.07, 6.45) is 1.03. The molecule has 0 aliphatic carbocycles. The van der Waals surface area contributed by atoms with E-state index in [4.69, 9.17) is 16.3 Å². The lowest BCUT2D eigenvalue weighted by Gasteiger charge is -2.06. The SMILES string of the molecule is CCOCCCNc1ccc(CCl)cc1. The topological polar surface area (TPSA) is 21.3 Å². The highest BCUT2D eigenvalue weighted by atomic mass is 35.5. The molecule has 0 radical (unpaired) electrons. The van der Waals surface area contributed by atoms with E-state index in [1.807, 2.05) is 19.1 Å². The molecule has 0 aliphatic heterocycles. The Kier molecular flexibility index (Phi) is 6.21. The van der Waals surface area contributed by atoms with Gasteiger partial charge in [-0.2, -0.15) is 0 Å². The second kappa shape index (κ2) is 7.55. The molecule has 1 aromatic carbocycles. The lowest BCUT2D eigenvalue weighted by atomic mass is 10.2. The summed E-state index contributed by atoms with van der Waals surface area (Å²) in [5.41, 5.74) is 2.29. The van der Waals surface area contributed by atoms with Crippen molar-refractivity contribution in [2.45, 2.75) is 19.2 Å². The van der Waals surface area contributed by atoms with Crippen LogP contribution in [0, 0.1) is 0 Å². The Labute approximate surface area is 96.6 Å². The number of hydrogen-bond donors (Lipinski definition) is 1. The molecular formula is C12H18ClNO. The van der Waals surface area contributed by atoms with Crippen LogP contribution < -0.4 is 5.32 Å². The fourth-order valence-electron chi connectivity index (χ4n) is 1.26. The number of anilines is 1. The highest BCUT2D eigenvalue weighted by Gasteiger charge is 1.93. The average molecular weight is 228 g/mol. The monoisotopic (exact) mass is 227 g/mol. The molecule has 1 rings (SSSR count). The first kappa shape index (κ1) is 12.3. The van der Waals surface area contributed by atoms with E-state index in [9.17, 15) is 0 Å². The van der Waals surface area contributed by atoms with Gasteiger partial charge in [0.1, 0.15) is 0 Å². The Hall–Kier alpha value is -0.730. The zero-order valence-corrected chi connectivity index (χ0v) is 9.89. The van der Waals surface area contributed by atoms with Crippen molar-refractivity contribution >= 4 is 17.3 Å². The number of rotatable bonds is 7. The maximum atomic E-state index is 5.70. The first-order valence-corrected chi connectivity index (χ1v) is 5.86. The molecule has 2 nitrogen and oxygen atoms in total. The Morgan fingerprint density at radius 1 is 1.27 bits per heavy atom. The number of halogens is 1. The minimum Gasteiger partial charge on any atom is -0.385 e. The predicted octanol–water partition coefficient (Wildman–Crippen LogP) is 3.26. The Morgan fingerprint density at radius 3 is 2.60 bits per heavy atom. The van der Waals surface area contributed by atoms with Crippen molar-refractivity contribution in [1.29, 1.82) is 0 Å². The van der Waals surface area contributed by atoms with E-state index < -0.39 is 0 Å². The van der Waals surface area contributed by atoms with Gasteiger partial charge in [0.15, 0.2) is 0 Å². The number of hydrogen-bond acceptors (Lipinski definition) is 2. The summed E-state index contributed by atoms with van der Waals surface area (Å²) >= 11 is 5.70. The van der Waals surface area contributed by atoms with Crippen molar-refractivity contribution < 1.29 is 4.74 Å². The third-order valence-corrected chi connectivity index (χ3v) is 2.42. The Bertz CT molecular complexity index is 261. The Morgan fingerprint density at radius 2 is 2.00 bits per heavy atom. The molecule has 0 saturated heterocycles. The van der Waals surface area contributed by atoms with Gasteiger partial charge in [-0.1, -0.05) is 12.1 Å². The van der Waals surface area contributed by atoms with Gasteiger partial charge in [-0.3, -0.25) is 0 Å². The number of nitrogens with one attached hydrogen (secondary N) is 1. The van der Waals surface area contributed by atoms with Gasteiger partial charge >= 0.3 is 0 Å². The van der Waals surface area contributed by atoms with Gasteiger partial charge < -0.3 is 10.1 Å². The van der Waals surface area contributed by atoms with Crippen LogP contribution in [0.1, 0.15) is 18.9 Å². The maximum Gasteiger partial charge on any atom is 0.0482 e. The summed E-state index contributed by atoms with van der Waals surface area (Å²) in [6, 6.07) is 8.19. The summed E-state index contributed by atoms with van der Waals surface area (Å²) in [5.74, 6) is 0.574. The largest absolute Gasteiger partial charge is 0.385 e. The van der Waals surface area contributed by atoms with Gasteiger partial charge in [-0.05, 0) is 31.0 Å². The second-order valence-corrected chi connectivity index (χ2v) is 3.58. The van der Waals surface area contributed by atoms with Gasteiger partial charge in [0.05, 0.1) is 0 Å². The lowest BCUT2D eigenvalue weighted by Crippen LogP contribution is -2.05. The van der Waals surface area contributed by atoms with Crippen LogP contribution >= 0.6 is 11.6 Å². The zero-order valence-electron chi connectivity index (χ0n) is 9.13. The van der Waals surface area contributed by atoms with Crippen molar-refractivity contribution in [3.63, 3.8) is 0 Å². The van der Waals surface area contributed by atoms with E-state index in [1.54, 1.807) is 0 Å². The van der Waals surface area contributed by atoms with Gasteiger partial charge in [0.2, 0.25) is 0 Å². The molecule has 0 unspecified atom stereocenters. The van der Waals surface area contributed by atoms with E-state index >= 15 is 0 Å². The number of benzene rings is 1. The minimum absolute atomic E-state index is 0.574. The summed E-state index contributed by atoms with van der Waals surface area (Å²) in [7, 11) is 0. The van der Waals surface area contributed by atoms with E-state index in [0.717, 1.165) is 37.4 Å². The van der Waals surface area contributed by atoms with Crippen molar-refractivity contribution in [1.82, 2.24) is 0 Å². The molecule has 0 aliphatic rings. The van der Waals surface area contributed by atoms with Crippen molar-refractivity contribution in [3.8, 4) is 0 Å². The van der Waals surface area contributed by atoms with E-state index in [0.29, 0.717) is 5.88 Å². The van der Waals surface area contributed by atoms with E-state index in [1.165, 1.54) is 0 Å². The number of alkyl halides is 1. The molecule has 3 heteroatoms.